The van der Waals surface area contributed by atoms with Gasteiger partial charge in [-0.25, -0.2) is 8.78 Å². The molecular formula is C9H19F2N. The highest BCUT2D eigenvalue weighted by Gasteiger charge is 2.28. The molecule has 0 unspecified atom stereocenters. The molecule has 0 aromatic rings. The maximum absolute atomic E-state index is 12.0. The molecule has 0 spiro atoms. The van der Waals surface area contributed by atoms with Gasteiger partial charge in [-0.2, -0.15) is 0 Å². The average molecular weight is 179 g/mol. The molecule has 0 saturated carbocycles. The number of alkyl halides is 2. The molecular weight excluding hydrogens is 160 g/mol. The van der Waals surface area contributed by atoms with Crippen molar-refractivity contribution in [2.45, 2.75) is 39.7 Å². The van der Waals surface area contributed by atoms with E-state index < -0.39 is 6.43 Å². The summed E-state index contributed by atoms with van der Waals surface area (Å²) in [6.07, 6.45) is -2.24. The van der Waals surface area contributed by atoms with Crippen LogP contribution in [-0.4, -0.2) is 30.5 Å². The monoisotopic (exact) mass is 179 g/mol. The van der Waals surface area contributed by atoms with Crippen LogP contribution in [0.4, 0.5) is 8.78 Å². The highest BCUT2D eigenvalue weighted by atomic mass is 19.3. The highest BCUT2D eigenvalue weighted by Crippen LogP contribution is 2.22. The van der Waals surface area contributed by atoms with Crippen LogP contribution in [0.5, 0.6) is 0 Å². The molecule has 74 valence electrons. The third-order valence-electron chi connectivity index (χ3n) is 2.81. The molecule has 0 saturated heterocycles. The van der Waals surface area contributed by atoms with E-state index in [9.17, 15) is 8.78 Å². The smallest absolute Gasteiger partial charge is 0.251 e. The third-order valence-corrected chi connectivity index (χ3v) is 2.81. The Hall–Kier alpha value is -0.180. The fourth-order valence-electron chi connectivity index (χ4n) is 0.883. The fraction of sp³-hybridized carbons (Fsp3) is 1.00. The SMILES string of the molecule is CC(C)C(C)(C)N(C)CC(F)F. The molecule has 3 heteroatoms. The lowest BCUT2D eigenvalue weighted by molar-refractivity contribution is 0.0317. The molecule has 0 amide bonds. The number of halogens is 2. The van der Waals surface area contributed by atoms with Gasteiger partial charge in [0.2, 0.25) is 0 Å². The molecule has 0 atom stereocenters. The molecule has 0 aromatic heterocycles. The molecule has 0 aliphatic heterocycles. The van der Waals surface area contributed by atoms with Gasteiger partial charge in [0.15, 0.2) is 0 Å². The van der Waals surface area contributed by atoms with Crippen molar-refractivity contribution in [2.75, 3.05) is 13.6 Å². The number of hydrogen-bond acceptors (Lipinski definition) is 1. The van der Waals surface area contributed by atoms with Crippen LogP contribution >= 0.6 is 0 Å². The van der Waals surface area contributed by atoms with E-state index in [0.29, 0.717) is 5.92 Å². The molecule has 0 aliphatic rings. The Balaban J connectivity index is 4.15. The van der Waals surface area contributed by atoms with E-state index in [4.69, 9.17) is 0 Å². The zero-order chi connectivity index (χ0) is 9.94. The maximum atomic E-state index is 12.0. The van der Waals surface area contributed by atoms with Crippen molar-refractivity contribution in [3.05, 3.63) is 0 Å². The van der Waals surface area contributed by atoms with Crippen molar-refractivity contribution in [1.82, 2.24) is 4.90 Å². The summed E-state index contributed by atoms with van der Waals surface area (Å²) in [6, 6.07) is 0. The summed E-state index contributed by atoms with van der Waals surface area (Å²) in [7, 11) is 1.74. The van der Waals surface area contributed by atoms with Crippen molar-refractivity contribution in [2.24, 2.45) is 5.92 Å². The van der Waals surface area contributed by atoms with Gasteiger partial charge in [-0.1, -0.05) is 13.8 Å². The summed E-state index contributed by atoms with van der Waals surface area (Å²) >= 11 is 0. The number of hydrogen-bond donors (Lipinski definition) is 0. The van der Waals surface area contributed by atoms with E-state index in [1.807, 2.05) is 27.7 Å². The summed E-state index contributed by atoms with van der Waals surface area (Å²) in [5.74, 6) is 0.376. The molecule has 0 radical (unpaired) electrons. The van der Waals surface area contributed by atoms with Crippen molar-refractivity contribution in [3.63, 3.8) is 0 Å². The Morgan fingerprint density at radius 3 is 1.92 bits per heavy atom. The molecule has 0 rings (SSSR count). The zero-order valence-electron chi connectivity index (χ0n) is 8.56. The predicted molar refractivity (Wildman–Crippen MR) is 47.6 cm³/mol. The first-order valence-corrected chi connectivity index (χ1v) is 4.28. The molecule has 1 nitrogen and oxygen atoms in total. The van der Waals surface area contributed by atoms with Gasteiger partial charge >= 0.3 is 0 Å². The van der Waals surface area contributed by atoms with Crippen LogP contribution in [0.2, 0.25) is 0 Å². The Kier molecular flexibility index (Phi) is 4.11. The average Bonchev–Trinajstić information content (AvgIpc) is 1.85. The summed E-state index contributed by atoms with van der Waals surface area (Å²) in [4.78, 5) is 1.71. The van der Waals surface area contributed by atoms with Crippen molar-refractivity contribution >= 4 is 0 Å². The molecule has 0 N–H and O–H groups in total. The third kappa shape index (κ3) is 3.05. The summed E-state index contributed by atoms with van der Waals surface area (Å²) in [5, 5.41) is 0. The van der Waals surface area contributed by atoms with Crippen molar-refractivity contribution in [3.8, 4) is 0 Å². The molecule has 0 aromatic carbocycles. The first kappa shape index (κ1) is 11.8. The molecule has 12 heavy (non-hydrogen) atoms. The lowest BCUT2D eigenvalue weighted by atomic mass is 9.89. The van der Waals surface area contributed by atoms with Gasteiger partial charge in [-0.15, -0.1) is 0 Å². The Bertz CT molecular complexity index is 132. The quantitative estimate of drug-likeness (QED) is 0.641. The summed E-state index contributed by atoms with van der Waals surface area (Å²) in [6.45, 7) is 7.91. The van der Waals surface area contributed by atoms with Crippen molar-refractivity contribution < 1.29 is 8.78 Å². The largest absolute Gasteiger partial charge is 0.295 e. The van der Waals surface area contributed by atoms with Gasteiger partial charge < -0.3 is 0 Å². The second kappa shape index (κ2) is 4.17. The predicted octanol–water partition coefficient (Wildman–Crippen LogP) is 2.62. The van der Waals surface area contributed by atoms with E-state index in [2.05, 4.69) is 0 Å². The standard InChI is InChI=1S/C9H19F2N/c1-7(2)9(3,4)12(5)6-8(10)11/h7-8H,6H2,1-5H3. The van der Waals surface area contributed by atoms with Gasteiger partial charge in [-0.3, -0.25) is 4.90 Å². The van der Waals surface area contributed by atoms with E-state index in [1.165, 1.54) is 0 Å². The molecule has 0 aliphatic carbocycles. The van der Waals surface area contributed by atoms with Gasteiger partial charge in [-0.05, 0) is 26.8 Å². The Morgan fingerprint density at radius 2 is 1.67 bits per heavy atom. The summed E-state index contributed by atoms with van der Waals surface area (Å²) < 4.78 is 24.1. The topological polar surface area (TPSA) is 3.24 Å². The second-order valence-corrected chi connectivity index (χ2v) is 4.08. The minimum absolute atomic E-state index is 0.148. The van der Waals surface area contributed by atoms with Crippen LogP contribution in [0, 0.1) is 5.92 Å². The normalized spacial score (nSPS) is 13.5. The van der Waals surface area contributed by atoms with Crippen LogP contribution in [0.25, 0.3) is 0 Å². The minimum Gasteiger partial charge on any atom is -0.295 e. The van der Waals surface area contributed by atoms with Gasteiger partial charge in [0.05, 0.1) is 6.54 Å². The maximum Gasteiger partial charge on any atom is 0.251 e. The number of nitrogens with zero attached hydrogens (tertiary/aromatic N) is 1. The highest BCUT2D eigenvalue weighted by molar-refractivity contribution is 4.82. The van der Waals surface area contributed by atoms with E-state index in [0.717, 1.165) is 0 Å². The lowest BCUT2D eigenvalue weighted by Gasteiger charge is -2.39. The van der Waals surface area contributed by atoms with Crippen LogP contribution in [0.15, 0.2) is 0 Å². The zero-order valence-corrected chi connectivity index (χ0v) is 8.56. The molecule has 0 fully saturated rings. The van der Waals surface area contributed by atoms with E-state index in [-0.39, 0.29) is 12.1 Å². The van der Waals surface area contributed by atoms with Crippen LogP contribution < -0.4 is 0 Å². The van der Waals surface area contributed by atoms with Gasteiger partial charge in [0, 0.05) is 5.54 Å². The second-order valence-electron chi connectivity index (χ2n) is 4.08. The van der Waals surface area contributed by atoms with E-state index >= 15 is 0 Å². The van der Waals surface area contributed by atoms with E-state index in [1.54, 1.807) is 11.9 Å². The Morgan fingerprint density at radius 1 is 1.25 bits per heavy atom. The van der Waals surface area contributed by atoms with Crippen LogP contribution in [0.1, 0.15) is 27.7 Å². The fourth-order valence-corrected chi connectivity index (χ4v) is 0.883. The number of rotatable bonds is 4. The summed E-state index contributed by atoms with van der Waals surface area (Å²) in [5.41, 5.74) is -0.156. The minimum atomic E-state index is -2.24. The van der Waals surface area contributed by atoms with Gasteiger partial charge in [0.1, 0.15) is 0 Å². The molecule has 0 heterocycles. The van der Waals surface area contributed by atoms with Crippen LogP contribution in [-0.2, 0) is 0 Å². The first-order valence-electron chi connectivity index (χ1n) is 4.28. The van der Waals surface area contributed by atoms with Crippen LogP contribution in [0.3, 0.4) is 0 Å². The first-order chi connectivity index (χ1) is 5.28. The Labute approximate surface area is 73.7 Å². The molecule has 0 bridgehead atoms. The van der Waals surface area contributed by atoms with Crippen molar-refractivity contribution in [1.29, 1.82) is 0 Å². The van der Waals surface area contributed by atoms with Gasteiger partial charge in [0.25, 0.3) is 6.43 Å². The lowest BCUT2D eigenvalue weighted by Crippen LogP contribution is -2.47.